The van der Waals surface area contributed by atoms with Crippen molar-refractivity contribution in [2.75, 3.05) is 0 Å². The van der Waals surface area contributed by atoms with E-state index in [4.69, 9.17) is 0 Å². The van der Waals surface area contributed by atoms with Gasteiger partial charge in [-0.3, -0.25) is 9.78 Å². The number of amides is 1. The van der Waals surface area contributed by atoms with Crippen LogP contribution in [-0.4, -0.2) is 22.1 Å². The van der Waals surface area contributed by atoms with Crippen molar-refractivity contribution in [3.63, 3.8) is 0 Å². The Kier molecular flexibility index (Phi) is 5.03. The van der Waals surface area contributed by atoms with Crippen LogP contribution in [0.1, 0.15) is 36.4 Å². The van der Waals surface area contributed by atoms with Crippen molar-refractivity contribution in [2.24, 2.45) is 5.92 Å². The van der Waals surface area contributed by atoms with Gasteiger partial charge in [-0.1, -0.05) is 30.3 Å². The van der Waals surface area contributed by atoms with E-state index in [9.17, 15) is 9.90 Å². The Balaban J connectivity index is 1.60. The second-order valence-electron chi connectivity index (χ2n) is 6.20. The molecule has 1 amide bonds. The molecule has 23 heavy (non-hydrogen) atoms. The van der Waals surface area contributed by atoms with Gasteiger partial charge in [0, 0.05) is 18.8 Å². The second-order valence-corrected chi connectivity index (χ2v) is 6.20. The molecule has 1 fully saturated rings. The minimum Gasteiger partial charge on any atom is -0.393 e. The van der Waals surface area contributed by atoms with E-state index in [1.54, 1.807) is 12.4 Å². The highest BCUT2D eigenvalue weighted by molar-refractivity contribution is 5.76. The predicted molar refractivity (Wildman–Crippen MR) is 88.6 cm³/mol. The number of nitrogens with one attached hydrogen (secondary N) is 1. The van der Waals surface area contributed by atoms with Crippen molar-refractivity contribution >= 4 is 5.91 Å². The molecule has 0 unspecified atom stereocenters. The lowest BCUT2D eigenvalue weighted by Crippen LogP contribution is -2.41. The maximum Gasteiger partial charge on any atom is 0.220 e. The quantitative estimate of drug-likeness (QED) is 0.862. The third-order valence-corrected chi connectivity index (χ3v) is 4.49. The minimum atomic E-state index is -0.222. The smallest absolute Gasteiger partial charge is 0.220 e. The summed E-state index contributed by atoms with van der Waals surface area (Å²) in [4.78, 5) is 16.3. The summed E-state index contributed by atoms with van der Waals surface area (Å²) in [6, 6.07) is 13.9. The molecule has 0 bridgehead atoms. The van der Waals surface area contributed by atoms with Crippen LogP contribution in [0.3, 0.4) is 0 Å². The number of hydrogen-bond donors (Lipinski definition) is 2. The number of nitrogens with zero attached hydrogens (tertiary/aromatic N) is 1. The zero-order chi connectivity index (χ0) is 16.1. The van der Waals surface area contributed by atoms with E-state index in [0.29, 0.717) is 18.8 Å². The molecule has 0 aliphatic heterocycles. The van der Waals surface area contributed by atoms with E-state index in [1.165, 1.54) is 0 Å². The summed E-state index contributed by atoms with van der Waals surface area (Å²) in [5, 5.41) is 12.7. The summed E-state index contributed by atoms with van der Waals surface area (Å²) in [6.45, 7) is 0. The lowest BCUT2D eigenvalue weighted by molar-refractivity contribution is -0.123. The van der Waals surface area contributed by atoms with Crippen LogP contribution in [0.4, 0.5) is 0 Å². The first kappa shape index (κ1) is 15.7. The van der Waals surface area contributed by atoms with Crippen LogP contribution < -0.4 is 5.32 Å². The summed E-state index contributed by atoms with van der Waals surface area (Å²) >= 11 is 0. The maximum atomic E-state index is 12.3. The van der Waals surface area contributed by atoms with Crippen molar-refractivity contribution in [1.82, 2.24) is 10.3 Å². The SMILES string of the molecule is O=C(CCc1ccncc1)N[C@H](c1ccccc1)C1CC(O)C1. The molecule has 1 saturated carbocycles. The standard InChI is InChI=1S/C19H22N2O2/c22-17-12-16(13-17)19(15-4-2-1-3-5-15)21-18(23)7-6-14-8-10-20-11-9-14/h1-5,8-11,16-17,19,22H,6-7,12-13H2,(H,21,23)/t16?,17?,19-/m1/s1. The van der Waals surface area contributed by atoms with Crippen LogP contribution in [0.2, 0.25) is 0 Å². The fourth-order valence-electron chi connectivity index (χ4n) is 3.09. The van der Waals surface area contributed by atoms with E-state index in [0.717, 1.165) is 24.0 Å². The van der Waals surface area contributed by atoms with Crippen LogP contribution in [-0.2, 0) is 11.2 Å². The summed E-state index contributed by atoms with van der Waals surface area (Å²) < 4.78 is 0. The number of aliphatic hydroxyl groups is 1. The Labute approximate surface area is 136 Å². The molecule has 4 nitrogen and oxygen atoms in total. The predicted octanol–water partition coefficient (Wildman–Crippen LogP) is 2.64. The van der Waals surface area contributed by atoms with Gasteiger partial charge in [-0.25, -0.2) is 0 Å². The molecule has 3 rings (SSSR count). The molecule has 1 aliphatic carbocycles. The number of aromatic nitrogens is 1. The Morgan fingerprint density at radius 1 is 1.17 bits per heavy atom. The molecule has 0 spiro atoms. The molecule has 1 aromatic carbocycles. The molecular formula is C19H22N2O2. The van der Waals surface area contributed by atoms with Crippen molar-refractivity contribution in [3.8, 4) is 0 Å². The zero-order valence-electron chi connectivity index (χ0n) is 13.1. The lowest BCUT2D eigenvalue weighted by Gasteiger charge is -2.38. The number of aryl methyl sites for hydroxylation is 1. The second kappa shape index (κ2) is 7.38. The summed E-state index contributed by atoms with van der Waals surface area (Å²) in [5.41, 5.74) is 2.23. The van der Waals surface area contributed by atoms with Gasteiger partial charge in [0.1, 0.15) is 0 Å². The van der Waals surface area contributed by atoms with Crippen molar-refractivity contribution in [2.45, 2.75) is 37.8 Å². The van der Waals surface area contributed by atoms with Gasteiger partial charge in [0.25, 0.3) is 0 Å². The van der Waals surface area contributed by atoms with Crippen LogP contribution in [0.15, 0.2) is 54.9 Å². The molecule has 120 valence electrons. The molecule has 1 aromatic heterocycles. The molecule has 0 radical (unpaired) electrons. The van der Waals surface area contributed by atoms with Gasteiger partial charge in [0.2, 0.25) is 5.91 Å². The van der Waals surface area contributed by atoms with E-state index in [1.807, 2.05) is 42.5 Å². The van der Waals surface area contributed by atoms with Gasteiger partial charge in [-0.15, -0.1) is 0 Å². The number of carbonyl (C=O) groups is 1. The van der Waals surface area contributed by atoms with E-state index in [-0.39, 0.29) is 18.1 Å². The molecule has 1 heterocycles. The van der Waals surface area contributed by atoms with Gasteiger partial charge in [0.05, 0.1) is 12.1 Å². The van der Waals surface area contributed by atoms with Crippen LogP contribution in [0.5, 0.6) is 0 Å². The first-order valence-electron chi connectivity index (χ1n) is 8.13. The maximum absolute atomic E-state index is 12.3. The molecular weight excluding hydrogens is 288 g/mol. The first-order valence-corrected chi connectivity index (χ1v) is 8.13. The molecule has 4 heteroatoms. The van der Waals surface area contributed by atoms with Gasteiger partial charge >= 0.3 is 0 Å². The Morgan fingerprint density at radius 2 is 1.87 bits per heavy atom. The van der Waals surface area contributed by atoms with E-state index >= 15 is 0 Å². The van der Waals surface area contributed by atoms with E-state index in [2.05, 4.69) is 10.3 Å². The topological polar surface area (TPSA) is 62.2 Å². The third kappa shape index (κ3) is 4.17. The lowest BCUT2D eigenvalue weighted by atomic mass is 9.75. The van der Waals surface area contributed by atoms with Gasteiger partial charge < -0.3 is 10.4 Å². The first-order chi connectivity index (χ1) is 11.2. The molecule has 2 N–H and O–H groups in total. The van der Waals surface area contributed by atoms with Crippen LogP contribution in [0.25, 0.3) is 0 Å². The Hall–Kier alpha value is -2.20. The van der Waals surface area contributed by atoms with Crippen molar-refractivity contribution in [1.29, 1.82) is 0 Å². The van der Waals surface area contributed by atoms with Gasteiger partial charge in [-0.05, 0) is 48.4 Å². The van der Waals surface area contributed by atoms with E-state index < -0.39 is 0 Å². The fourth-order valence-corrected chi connectivity index (χ4v) is 3.09. The largest absolute Gasteiger partial charge is 0.393 e. The Morgan fingerprint density at radius 3 is 2.52 bits per heavy atom. The highest BCUT2D eigenvalue weighted by Crippen LogP contribution is 2.38. The number of aliphatic hydroxyl groups excluding tert-OH is 1. The zero-order valence-corrected chi connectivity index (χ0v) is 13.1. The fraction of sp³-hybridized carbons (Fsp3) is 0.368. The van der Waals surface area contributed by atoms with Gasteiger partial charge in [-0.2, -0.15) is 0 Å². The summed E-state index contributed by atoms with van der Waals surface area (Å²) in [6.07, 6.45) is 5.95. The third-order valence-electron chi connectivity index (χ3n) is 4.49. The summed E-state index contributed by atoms with van der Waals surface area (Å²) in [5.74, 6) is 0.370. The summed E-state index contributed by atoms with van der Waals surface area (Å²) in [7, 11) is 0. The average molecular weight is 310 g/mol. The normalized spacial score (nSPS) is 21.3. The number of pyridine rings is 1. The highest BCUT2D eigenvalue weighted by atomic mass is 16.3. The average Bonchev–Trinajstić information content (AvgIpc) is 2.57. The van der Waals surface area contributed by atoms with Crippen LogP contribution >= 0.6 is 0 Å². The molecule has 1 aliphatic rings. The van der Waals surface area contributed by atoms with Crippen molar-refractivity contribution < 1.29 is 9.90 Å². The molecule has 1 atom stereocenters. The number of hydrogen-bond acceptors (Lipinski definition) is 3. The highest BCUT2D eigenvalue weighted by Gasteiger charge is 2.35. The minimum absolute atomic E-state index is 0.00969. The van der Waals surface area contributed by atoms with Crippen LogP contribution in [0, 0.1) is 5.92 Å². The Bertz CT molecular complexity index is 624. The molecule has 2 aromatic rings. The number of carbonyl (C=O) groups excluding carboxylic acids is 1. The monoisotopic (exact) mass is 310 g/mol. The molecule has 0 saturated heterocycles. The number of rotatable bonds is 6. The van der Waals surface area contributed by atoms with Gasteiger partial charge in [0.15, 0.2) is 0 Å². The van der Waals surface area contributed by atoms with Crippen molar-refractivity contribution in [3.05, 3.63) is 66.0 Å². The number of benzene rings is 1.